The Balaban J connectivity index is 5.16. The van der Waals surface area contributed by atoms with Gasteiger partial charge in [-0.3, -0.25) is 37.3 Å². The van der Waals surface area contributed by atoms with Crippen LogP contribution in [0, 0.1) is 5.92 Å². The largest absolute Gasteiger partial charge is 0.472 e. The molecule has 0 fully saturated rings. The minimum atomic E-state index is -4.95. The Morgan fingerprint density at radius 3 is 0.773 bits per heavy atom. The van der Waals surface area contributed by atoms with E-state index in [0.717, 1.165) is 102 Å². The Morgan fingerprint density at radius 1 is 0.307 bits per heavy atom. The van der Waals surface area contributed by atoms with Crippen molar-refractivity contribution in [3.8, 4) is 0 Å². The first-order chi connectivity index (χ1) is 42.5. The summed E-state index contributed by atoms with van der Waals surface area (Å²) in [6.45, 7) is 7.11. The summed E-state index contributed by atoms with van der Waals surface area (Å²) in [6, 6.07) is 0. The fraction of sp³-hybridized carbons (Fsp3) is 0.942. The first-order valence-corrected chi connectivity index (χ1v) is 39.1. The molecule has 0 rings (SSSR count). The minimum Gasteiger partial charge on any atom is -0.462 e. The van der Waals surface area contributed by atoms with Gasteiger partial charge in [-0.15, -0.1) is 0 Å². The topological polar surface area (TPSA) is 237 Å². The van der Waals surface area contributed by atoms with Crippen molar-refractivity contribution in [3.63, 3.8) is 0 Å². The van der Waals surface area contributed by atoms with Gasteiger partial charge in [-0.25, -0.2) is 9.13 Å². The van der Waals surface area contributed by atoms with Gasteiger partial charge in [0.05, 0.1) is 26.4 Å². The Bertz CT molecular complexity index is 1700. The summed E-state index contributed by atoms with van der Waals surface area (Å²) < 4.78 is 68.0. The third-order valence-electron chi connectivity index (χ3n) is 16.0. The van der Waals surface area contributed by atoms with E-state index < -0.39 is 97.5 Å². The molecule has 0 saturated heterocycles. The minimum absolute atomic E-state index is 0.104. The maximum absolute atomic E-state index is 13.0. The highest BCUT2D eigenvalue weighted by Gasteiger charge is 2.30. The summed E-state index contributed by atoms with van der Waals surface area (Å²) in [5.41, 5.74) is 0. The molecule has 0 saturated carbocycles. The van der Waals surface area contributed by atoms with E-state index >= 15 is 0 Å². The third kappa shape index (κ3) is 62.8. The molecule has 88 heavy (non-hydrogen) atoms. The van der Waals surface area contributed by atoms with Crippen molar-refractivity contribution < 1.29 is 80.2 Å². The standard InChI is InChI=1S/C69H134O17P2/c1-6-9-12-15-17-19-21-23-25-27-29-31-33-38-43-48-53-67(72)80-59-65(86-68(73)54-49-44-39-34-32-30-28-26-24-22-20-18-16-13-10-7-2)61-84-88(77,78)82-57-63(70)56-81-87(75,76)83-60-64(58-79-66(71)52-47-41-14-11-8-3)85-69(74)55-50-45-40-36-35-37-42-46-51-62(4)5/h62-65,70H,6-61H2,1-5H3,(H,75,76)(H,77,78)/t63-,64+,65+/m0/s1. The van der Waals surface area contributed by atoms with Crippen LogP contribution in [-0.2, 0) is 65.4 Å². The van der Waals surface area contributed by atoms with Crippen molar-refractivity contribution >= 4 is 39.5 Å². The van der Waals surface area contributed by atoms with Crippen LogP contribution in [0.3, 0.4) is 0 Å². The van der Waals surface area contributed by atoms with Crippen molar-refractivity contribution in [1.82, 2.24) is 0 Å². The molecule has 0 aromatic heterocycles. The summed E-state index contributed by atoms with van der Waals surface area (Å²) in [6.07, 6.45) is 49.0. The normalized spacial score (nSPS) is 14.1. The van der Waals surface area contributed by atoms with Crippen molar-refractivity contribution in [3.05, 3.63) is 0 Å². The molecule has 0 aliphatic carbocycles. The van der Waals surface area contributed by atoms with E-state index in [9.17, 15) is 43.2 Å². The summed E-state index contributed by atoms with van der Waals surface area (Å²) in [7, 11) is -9.89. The molecule has 19 heteroatoms. The second-order valence-electron chi connectivity index (χ2n) is 25.4. The van der Waals surface area contributed by atoms with Crippen LogP contribution < -0.4 is 0 Å². The number of ether oxygens (including phenoxy) is 4. The number of phosphoric ester groups is 2. The monoisotopic (exact) mass is 1300 g/mol. The van der Waals surface area contributed by atoms with Crippen molar-refractivity contribution in [2.24, 2.45) is 5.92 Å². The number of hydrogen-bond acceptors (Lipinski definition) is 15. The number of unbranched alkanes of at least 4 members (excludes halogenated alkanes) is 41. The number of aliphatic hydroxyl groups is 1. The lowest BCUT2D eigenvalue weighted by Crippen LogP contribution is -2.30. The second-order valence-corrected chi connectivity index (χ2v) is 28.3. The van der Waals surface area contributed by atoms with Crippen LogP contribution in [0.25, 0.3) is 0 Å². The van der Waals surface area contributed by atoms with E-state index in [0.29, 0.717) is 25.7 Å². The van der Waals surface area contributed by atoms with Gasteiger partial charge in [0, 0.05) is 25.7 Å². The summed E-state index contributed by atoms with van der Waals surface area (Å²) in [5.74, 6) is -1.42. The molecule has 0 bridgehead atoms. The number of carbonyl (C=O) groups excluding carboxylic acids is 4. The first kappa shape index (κ1) is 86.1. The lowest BCUT2D eigenvalue weighted by Gasteiger charge is -2.21. The van der Waals surface area contributed by atoms with Crippen LogP contribution in [0.15, 0.2) is 0 Å². The molecule has 0 spiro atoms. The summed E-state index contributed by atoms with van der Waals surface area (Å²) in [4.78, 5) is 72.2. The first-order valence-electron chi connectivity index (χ1n) is 36.1. The molecular formula is C69H134O17P2. The predicted molar refractivity (Wildman–Crippen MR) is 354 cm³/mol. The van der Waals surface area contributed by atoms with Crippen LogP contribution in [-0.4, -0.2) is 96.7 Å². The van der Waals surface area contributed by atoms with Gasteiger partial charge in [-0.1, -0.05) is 304 Å². The van der Waals surface area contributed by atoms with E-state index in [1.807, 2.05) is 0 Å². The Kier molecular flexibility index (Phi) is 61.1. The molecule has 0 radical (unpaired) electrons. The predicted octanol–water partition coefficient (Wildman–Crippen LogP) is 19.7. The van der Waals surface area contributed by atoms with Gasteiger partial charge >= 0.3 is 39.5 Å². The Hall–Kier alpha value is -1.94. The molecule has 2 unspecified atom stereocenters. The van der Waals surface area contributed by atoms with Gasteiger partial charge in [0.1, 0.15) is 19.3 Å². The van der Waals surface area contributed by atoms with Crippen LogP contribution in [0.4, 0.5) is 0 Å². The van der Waals surface area contributed by atoms with Gasteiger partial charge in [-0.05, 0) is 31.6 Å². The molecule has 0 aliphatic rings. The fourth-order valence-electron chi connectivity index (χ4n) is 10.5. The Morgan fingerprint density at radius 2 is 0.523 bits per heavy atom. The highest BCUT2D eigenvalue weighted by atomic mass is 31.2. The lowest BCUT2D eigenvalue weighted by atomic mass is 10.0. The molecular weight excluding hydrogens is 1160 g/mol. The zero-order chi connectivity index (χ0) is 64.9. The smallest absolute Gasteiger partial charge is 0.462 e. The SMILES string of the molecule is CCCCCCCCCCCCCCCCCCC(=O)OC[C@H](COP(=O)(O)OC[C@@H](O)COP(=O)(O)OC[C@@H](COC(=O)CCCCCCC)OC(=O)CCCCCCCCCCC(C)C)OC(=O)CCCCCCCCCCCCCCCCCC. The number of hydrogen-bond donors (Lipinski definition) is 3. The van der Waals surface area contributed by atoms with Crippen LogP contribution in [0.2, 0.25) is 0 Å². The molecule has 0 heterocycles. The van der Waals surface area contributed by atoms with E-state index in [-0.39, 0.29) is 25.7 Å². The number of phosphoric acid groups is 2. The second kappa shape index (κ2) is 62.5. The molecule has 0 aromatic rings. The fourth-order valence-corrected chi connectivity index (χ4v) is 12.0. The molecule has 522 valence electrons. The highest BCUT2D eigenvalue weighted by molar-refractivity contribution is 7.47. The zero-order valence-electron chi connectivity index (χ0n) is 56.9. The van der Waals surface area contributed by atoms with E-state index in [1.165, 1.54) is 173 Å². The molecule has 0 aromatic carbocycles. The number of carbonyl (C=O) groups is 4. The van der Waals surface area contributed by atoms with Crippen molar-refractivity contribution in [1.29, 1.82) is 0 Å². The number of aliphatic hydroxyl groups excluding tert-OH is 1. The van der Waals surface area contributed by atoms with Gasteiger partial charge in [0.25, 0.3) is 0 Å². The quantitative estimate of drug-likeness (QED) is 0.0222. The maximum Gasteiger partial charge on any atom is 0.472 e. The van der Waals surface area contributed by atoms with Crippen molar-refractivity contribution in [2.45, 2.75) is 374 Å². The molecule has 0 amide bonds. The molecule has 5 atom stereocenters. The van der Waals surface area contributed by atoms with Gasteiger partial charge < -0.3 is 33.8 Å². The molecule has 3 N–H and O–H groups in total. The van der Waals surface area contributed by atoms with Crippen molar-refractivity contribution in [2.75, 3.05) is 39.6 Å². The number of esters is 4. The average Bonchev–Trinajstić information content (AvgIpc) is 3.59. The Labute approximate surface area is 537 Å². The highest BCUT2D eigenvalue weighted by Crippen LogP contribution is 2.45. The average molecular weight is 1300 g/mol. The zero-order valence-corrected chi connectivity index (χ0v) is 58.6. The van der Waals surface area contributed by atoms with Gasteiger partial charge in [0.15, 0.2) is 12.2 Å². The molecule has 17 nitrogen and oxygen atoms in total. The summed E-state index contributed by atoms with van der Waals surface area (Å²) >= 11 is 0. The van der Waals surface area contributed by atoms with E-state index in [4.69, 9.17) is 37.0 Å². The van der Waals surface area contributed by atoms with Crippen LogP contribution in [0.5, 0.6) is 0 Å². The molecule has 0 aliphatic heterocycles. The van der Waals surface area contributed by atoms with Crippen LogP contribution in [0.1, 0.15) is 356 Å². The third-order valence-corrected chi connectivity index (χ3v) is 17.9. The van der Waals surface area contributed by atoms with Gasteiger partial charge in [0.2, 0.25) is 0 Å². The van der Waals surface area contributed by atoms with E-state index in [2.05, 4.69) is 34.6 Å². The van der Waals surface area contributed by atoms with E-state index in [1.54, 1.807) is 0 Å². The lowest BCUT2D eigenvalue weighted by molar-refractivity contribution is -0.161. The maximum atomic E-state index is 13.0. The number of rotatable bonds is 69. The van der Waals surface area contributed by atoms with Crippen LogP contribution >= 0.6 is 15.6 Å². The summed E-state index contributed by atoms with van der Waals surface area (Å²) in [5, 5.41) is 10.5. The van der Waals surface area contributed by atoms with Gasteiger partial charge in [-0.2, -0.15) is 0 Å².